The quantitative estimate of drug-likeness (QED) is 0.114. The Morgan fingerprint density at radius 2 is 1.00 bits per heavy atom. The monoisotopic (exact) mass is 504 g/mol. The zero-order valence-electron chi connectivity index (χ0n) is 19.0. The minimum atomic E-state index is -6.00. The van der Waals surface area contributed by atoms with Gasteiger partial charge in [0, 0.05) is 52.7 Å². The maximum absolute atomic E-state index is 9.75. The molecular formula is C28H21BF4N2S. The molecule has 0 aliphatic heterocycles. The number of hydrogen-bond acceptors (Lipinski definition) is 2. The second-order valence-electron chi connectivity index (χ2n) is 7.83. The second kappa shape index (κ2) is 11.2. The van der Waals surface area contributed by atoms with Gasteiger partial charge in [0.2, 0.25) is 17.1 Å². The Labute approximate surface area is 212 Å². The number of hydrogen-bond donors (Lipinski definition) is 1. The summed E-state index contributed by atoms with van der Waals surface area (Å²) in [5, 5.41) is 0. The lowest BCUT2D eigenvalue weighted by atomic mass is 9.99. The van der Waals surface area contributed by atoms with Gasteiger partial charge in [-0.25, -0.2) is 0 Å². The summed E-state index contributed by atoms with van der Waals surface area (Å²) in [6.07, 6.45) is 3.68. The van der Waals surface area contributed by atoms with E-state index in [1.54, 1.807) is 0 Å². The Bertz CT molecular complexity index is 1350. The predicted molar refractivity (Wildman–Crippen MR) is 140 cm³/mol. The molecule has 36 heavy (non-hydrogen) atoms. The fourth-order valence-electron chi connectivity index (χ4n) is 3.83. The summed E-state index contributed by atoms with van der Waals surface area (Å²) in [7, 11) is -6.00. The molecule has 2 heterocycles. The van der Waals surface area contributed by atoms with Crippen molar-refractivity contribution in [2.45, 2.75) is 4.90 Å². The van der Waals surface area contributed by atoms with E-state index < -0.39 is 7.25 Å². The lowest BCUT2D eigenvalue weighted by molar-refractivity contribution is -0.572. The molecule has 0 atom stereocenters. The van der Waals surface area contributed by atoms with Crippen molar-refractivity contribution in [3.63, 3.8) is 0 Å². The van der Waals surface area contributed by atoms with Gasteiger partial charge in [0.05, 0.1) is 0 Å². The van der Waals surface area contributed by atoms with Gasteiger partial charge in [-0.2, -0.15) is 4.57 Å². The summed E-state index contributed by atoms with van der Waals surface area (Å²) in [6, 6.07) is 38.0. The lowest BCUT2D eigenvalue weighted by Crippen LogP contribution is -2.36. The first kappa shape index (κ1) is 25.2. The zero-order valence-corrected chi connectivity index (χ0v) is 19.9. The van der Waals surface area contributed by atoms with Gasteiger partial charge in [-0.05, 0) is 59.7 Å². The van der Waals surface area contributed by atoms with Crippen molar-refractivity contribution in [1.82, 2.24) is 4.98 Å². The van der Waals surface area contributed by atoms with Crippen LogP contribution in [0.25, 0.3) is 39.3 Å². The van der Waals surface area contributed by atoms with Crippen molar-refractivity contribution < 1.29 is 21.8 Å². The van der Waals surface area contributed by atoms with E-state index in [-0.39, 0.29) is 0 Å². The van der Waals surface area contributed by atoms with Gasteiger partial charge in [-0.3, -0.25) is 4.98 Å². The van der Waals surface area contributed by atoms with Gasteiger partial charge in [0.25, 0.3) is 0 Å². The highest BCUT2D eigenvalue weighted by Gasteiger charge is 2.24. The van der Waals surface area contributed by atoms with Crippen LogP contribution in [0.4, 0.5) is 17.3 Å². The summed E-state index contributed by atoms with van der Waals surface area (Å²) in [4.78, 5) is 5.14. The SMILES string of the molecule is F[B-](F)(F)F.Sc1ccc(-[n+]2c(-c3ccccc3)cc(-c3ccncc3)cc2-c2ccccc2)cc1. The molecular weight excluding hydrogens is 483 g/mol. The second-order valence-corrected chi connectivity index (χ2v) is 8.35. The molecule has 0 saturated heterocycles. The third kappa shape index (κ3) is 6.61. The van der Waals surface area contributed by atoms with Crippen molar-refractivity contribution in [2.24, 2.45) is 0 Å². The van der Waals surface area contributed by atoms with Gasteiger partial charge >= 0.3 is 7.25 Å². The fourth-order valence-corrected chi connectivity index (χ4v) is 3.98. The van der Waals surface area contributed by atoms with Gasteiger partial charge in [-0.15, -0.1) is 12.6 Å². The van der Waals surface area contributed by atoms with Crippen LogP contribution in [0.5, 0.6) is 0 Å². The molecule has 0 unspecified atom stereocenters. The molecule has 0 aliphatic carbocycles. The van der Waals surface area contributed by atoms with Crippen LogP contribution < -0.4 is 4.57 Å². The molecule has 3 aromatic carbocycles. The highest BCUT2D eigenvalue weighted by molar-refractivity contribution is 7.80. The van der Waals surface area contributed by atoms with Crippen LogP contribution >= 0.6 is 12.6 Å². The highest BCUT2D eigenvalue weighted by atomic mass is 32.1. The van der Waals surface area contributed by atoms with Crippen molar-refractivity contribution in [1.29, 1.82) is 0 Å². The first-order chi connectivity index (χ1) is 17.3. The number of halogens is 4. The third-order valence-corrected chi connectivity index (χ3v) is 5.63. The summed E-state index contributed by atoms with van der Waals surface area (Å²) >= 11 is 4.48. The average Bonchev–Trinajstić information content (AvgIpc) is 2.89. The number of nitrogens with zero attached hydrogens (tertiary/aromatic N) is 2. The Morgan fingerprint density at radius 3 is 1.44 bits per heavy atom. The summed E-state index contributed by atoms with van der Waals surface area (Å²) in [5.74, 6) is 0. The van der Waals surface area contributed by atoms with Crippen LogP contribution in [0.2, 0.25) is 0 Å². The van der Waals surface area contributed by atoms with E-state index in [2.05, 4.69) is 107 Å². The summed E-state index contributed by atoms with van der Waals surface area (Å²) in [6.45, 7) is 0. The molecule has 0 bridgehead atoms. The molecule has 8 heteroatoms. The molecule has 0 aliphatic rings. The molecule has 0 radical (unpaired) electrons. The molecule has 0 N–H and O–H groups in total. The maximum Gasteiger partial charge on any atom is 0.673 e. The summed E-state index contributed by atoms with van der Waals surface area (Å²) in [5.41, 5.74) is 7.96. The van der Waals surface area contributed by atoms with Crippen LogP contribution in [-0.4, -0.2) is 12.2 Å². The first-order valence-electron chi connectivity index (χ1n) is 11.1. The maximum atomic E-state index is 9.75. The molecule has 0 amide bonds. The van der Waals surface area contributed by atoms with E-state index in [0.717, 1.165) is 44.2 Å². The van der Waals surface area contributed by atoms with E-state index in [9.17, 15) is 17.3 Å². The van der Waals surface area contributed by atoms with E-state index in [1.165, 1.54) is 0 Å². The predicted octanol–water partition coefficient (Wildman–Crippen LogP) is 7.95. The molecule has 0 spiro atoms. The first-order valence-corrected chi connectivity index (χ1v) is 11.5. The van der Waals surface area contributed by atoms with Crippen LogP contribution in [0.1, 0.15) is 0 Å². The van der Waals surface area contributed by atoms with Gasteiger partial charge < -0.3 is 17.3 Å². The number of pyridine rings is 2. The molecule has 0 saturated carbocycles. The van der Waals surface area contributed by atoms with E-state index in [4.69, 9.17) is 0 Å². The minimum Gasteiger partial charge on any atom is -0.418 e. The highest BCUT2D eigenvalue weighted by Crippen LogP contribution is 2.30. The van der Waals surface area contributed by atoms with E-state index in [1.807, 2.05) is 36.7 Å². The minimum absolute atomic E-state index is 0.945. The Hall–Kier alpha value is -3.91. The lowest BCUT2D eigenvalue weighted by Gasteiger charge is -2.12. The Balaban J connectivity index is 0.000000556. The largest absolute Gasteiger partial charge is 0.673 e. The third-order valence-electron chi connectivity index (χ3n) is 5.33. The Morgan fingerprint density at radius 1 is 0.556 bits per heavy atom. The van der Waals surface area contributed by atoms with Crippen molar-refractivity contribution in [3.05, 3.63) is 122 Å². The summed E-state index contributed by atoms with van der Waals surface area (Å²) < 4.78 is 41.3. The van der Waals surface area contributed by atoms with Crippen LogP contribution in [0.3, 0.4) is 0 Å². The average molecular weight is 504 g/mol. The molecule has 180 valence electrons. The van der Waals surface area contributed by atoms with E-state index >= 15 is 0 Å². The van der Waals surface area contributed by atoms with E-state index in [0.29, 0.717) is 0 Å². The molecule has 0 fully saturated rings. The van der Waals surface area contributed by atoms with Crippen LogP contribution in [0.15, 0.2) is 126 Å². The Kier molecular flexibility index (Phi) is 7.85. The van der Waals surface area contributed by atoms with Gasteiger partial charge in [-0.1, -0.05) is 36.4 Å². The molecule has 5 aromatic rings. The van der Waals surface area contributed by atoms with Crippen molar-refractivity contribution in [3.8, 4) is 39.3 Å². The topological polar surface area (TPSA) is 16.8 Å². The zero-order chi connectivity index (χ0) is 25.5. The number of benzene rings is 3. The van der Waals surface area contributed by atoms with Gasteiger partial charge in [0.1, 0.15) is 0 Å². The van der Waals surface area contributed by atoms with Gasteiger partial charge in [0.15, 0.2) is 0 Å². The molecule has 5 rings (SSSR count). The van der Waals surface area contributed by atoms with Crippen LogP contribution in [-0.2, 0) is 0 Å². The normalized spacial score (nSPS) is 10.9. The fraction of sp³-hybridized carbons (Fsp3) is 0. The molecule has 2 aromatic heterocycles. The standard InChI is InChI=1S/C28H20N2S.BF4/c31-26-13-11-25(12-14-26)30-27(22-7-3-1-4-8-22)19-24(21-15-17-29-18-16-21)20-28(30)23-9-5-2-6-10-23;2-1(3,4)5/h1-20H;/q;-1/p+1. The van der Waals surface area contributed by atoms with Crippen molar-refractivity contribution in [2.75, 3.05) is 0 Å². The smallest absolute Gasteiger partial charge is 0.418 e. The number of thiol groups is 1. The van der Waals surface area contributed by atoms with Crippen LogP contribution in [0, 0.1) is 0 Å². The number of rotatable bonds is 4. The molecule has 2 nitrogen and oxygen atoms in total. The number of aromatic nitrogens is 2. The van der Waals surface area contributed by atoms with Crippen molar-refractivity contribution >= 4 is 19.9 Å².